The van der Waals surface area contributed by atoms with E-state index in [-0.39, 0.29) is 18.1 Å². The summed E-state index contributed by atoms with van der Waals surface area (Å²) >= 11 is 0. The molecule has 0 N–H and O–H groups in total. The van der Waals surface area contributed by atoms with Gasteiger partial charge in [-0.05, 0) is 43.0 Å². The van der Waals surface area contributed by atoms with Crippen LogP contribution in [0.3, 0.4) is 0 Å². The Morgan fingerprint density at radius 1 is 1.23 bits per heavy atom. The molecule has 150 valence electrons. The number of hydrogen-bond donors (Lipinski definition) is 0. The van der Waals surface area contributed by atoms with Crippen LogP contribution in [0, 0.1) is 11.3 Å². The summed E-state index contributed by atoms with van der Waals surface area (Å²) in [4.78, 5) is 21.0. The zero-order chi connectivity index (χ0) is 20.8. The highest BCUT2D eigenvalue weighted by Crippen LogP contribution is 2.42. The van der Waals surface area contributed by atoms with E-state index >= 15 is 0 Å². The SMILES string of the molecule is C=C1OC(Cn2cnc3ncn(C)c3c2=O)=NN1[C@H]1C[C@H](c2ccc(C#N)cc2)C1. The van der Waals surface area contributed by atoms with E-state index in [1.807, 2.05) is 24.3 Å². The number of benzene rings is 1. The zero-order valence-electron chi connectivity index (χ0n) is 16.4. The summed E-state index contributed by atoms with van der Waals surface area (Å²) < 4.78 is 8.83. The molecule has 0 unspecified atom stereocenters. The molecular weight excluding hydrogens is 382 g/mol. The lowest BCUT2D eigenvalue weighted by Crippen LogP contribution is -2.39. The molecule has 2 aliphatic rings. The topological polar surface area (TPSA) is 101 Å². The number of nitrogens with zero attached hydrogens (tertiary/aromatic N) is 7. The van der Waals surface area contributed by atoms with E-state index in [0.29, 0.717) is 34.4 Å². The first kappa shape index (κ1) is 18.1. The van der Waals surface area contributed by atoms with Crippen molar-refractivity contribution >= 4 is 17.1 Å². The van der Waals surface area contributed by atoms with Gasteiger partial charge in [0, 0.05) is 7.05 Å². The van der Waals surface area contributed by atoms with Crippen molar-refractivity contribution in [1.29, 1.82) is 5.26 Å². The third-order valence-electron chi connectivity index (χ3n) is 5.69. The lowest BCUT2D eigenvalue weighted by atomic mass is 9.75. The molecule has 2 aromatic heterocycles. The van der Waals surface area contributed by atoms with Gasteiger partial charge in [0.2, 0.25) is 11.8 Å². The minimum absolute atomic E-state index is 0.175. The highest BCUT2D eigenvalue weighted by molar-refractivity contribution is 5.78. The first-order chi connectivity index (χ1) is 14.5. The van der Waals surface area contributed by atoms with Crippen LogP contribution in [0.15, 0.2) is 59.3 Å². The Morgan fingerprint density at radius 2 is 1.97 bits per heavy atom. The summed E-state index contributed by atoms with van der Waals surface area (Å²) in [6.45, 7) is 4.14. The minimum atomic E-state index is -0.195. The van der Waals surface area contributed by atoms with E-state index in [1.165, 1.54) is 16.5 Å². The fraction of sp³-hybridized carbons (Fsp3) is 0.286. The average molecular weight is 401 g/mol. The summed E-state index contributed by atoms with van der Waals surface area (Å²) in [6, 6.07) is 10.1. The standard InChI is InChI=1S/C21H19N7O2/c1-13-28(17-7-16(8-17)15-5-3-14(9-22)4-6-15)25-18(30-13)10-27-12-24-20-19(21(27)29)26(2)11-23-20/h3-6,11-12,16-17H,1,7-8,10H2,2H3/t16-,17-. The highest BCUT2D eigenvalue weighted by Gasteiger charge is 2.38. The molecule has 0 spiro atoms. The summed E-state index contributed by atoms with van der Waals surface area (Å²) in [5.41, 5.74) is 2.56. The van der Waals surface area contributed by atoms with Crippen LogP contribution in [-0.2, 0) is 18.3 Å². The number of hydrogen-bond acceptors (Lipinski definition) is 7. The maximum absolute atomic E-state index is 12.7. The van der Waals surface area contributed by atoms with Crippen LogP contribution in [0.1, 0.15) is 29.9 Å². The Kier molecular flexibility index (Phi) is 4.13. The molecular formula is C21H19N7O2. The van der Waals surface area contributed by atoms with Gasteiger partial charge in [0.25, 0.3) is 5.56 Å². The molecule has 0 amide bonds. The fourth-order valence-corrected chi connectivity index (χ4v) is 3.95. The lowest BCUT2D eigenvalue weighted by molar-refractivity contribution is 0.123. The van der Waals surface area contributed by atoms with Crippen molar-refractivity contribution in [2.75, 3.05) is 0 Å². The molecule has 1 fully saturated rings. The Bertz CT molecular complexity index is 1270. The third-order valence-corrected chi connectivity index (χ3v) is 5.69. The normalized spacial score (nSPS) is 20.6. The van der Waals surface area contributed by atoms with Crippen molar-refractivity contribution < 1.29 is 4.74 Å². The Balaban J connectivity index is 1.29. The number of aryl methyl sites for hydroxylation is 1. The lowest BCUT2D eigenvalue weighted by Gasteiger charge is -2.39. The predicted molar refractivity (Wildman–Crippen MR) is 109 cm³/mol. The van der Waals surface area contributed by atoms with Gasteiger partial charge in [0.15, 0.2) is 11.2 Å². The average Bonchev–Trinajstić information content (AvgIpc) is 3.26. The number of ether oxygens (including phenoxy) is 1. The minimum Gasteiger partial charge on any atom is -0.422 e. The first-order valence-corrected chi connectivity index (χ1v) is 9.63. The number of rotatable bonds is 4. The molecule has 1 saturated carbocycles. The van der Waals surface area contributed by atoms with Crippen LogP contribution in [-0.4, -0.2) is 36.1 Å². The monoisotopic (exact) mass is 401 g/mol. The highest BCUT2D eigenvalue weighted by atomic mass is 16.5. The van der Waals surface area contributed by atoms with Gasteiger partial charge < -0.3 is 9.30 Å². The van der Waals surface area contributed by atoms with Gasteiger partial charge in [-0.3, -0.25) is 9.36 Å². The van der Waals surface area contributed by atoms with Gasteiger partial charge in [-0.1, -0.05) is 12.1 Å². The van der Waals surface area contributed by atoms with Crippen LogP contribution >= 0.6 is 0 Å². The molecule has 3 aromatic rings. The van der Waals surface area contributed by atoms with E-state index < -0.39 is 0 Å². The second-order valence-electron chi connectivity index (χ2n) is 7.60. The Morgan fingerprint density at radius 3 is 2.70 bits per heavy atom. The Hall–Kier alpha value is -3.93. The molecule has 0 bridgehead atoms. The van der Waals surface area contributed by atoms with Crippen molar-refractivity contribution in [3.05, 3.63) is 70.9 Å². The van der Waals surface area contributed by atoms with Crippen molar-refractivity contribution in [2.45, 2.75) is 31.3 Å². The predicted octanol–water partition coefficient (Wildman–Crippen LogP) is 2.06. The molecule has 0 saturated heterocycles. The van der Waals surface area contributed by atoms with Crippen molar-refractivity contribution in [3.63, 3.8) is 0 Å². The van der Waals surface area contributed by atoms with Gasteiger partial charge in [0.1, 0.15) is 12.9 Å². The van der Waals surface area contributed by atoms with Crippen molar-refractivity contribution in [1.82, 2.24) is 24.1 Å². The molecule has 0 atom stereocenters. The van der Waals surface area contributed by atoms with Crippen LogP contribution in [0.5, 0.6) is 0 Å². The van der Waals surface area contributed by atoms with Crippen molar-refractivity contribution in [3.8, 4) is 6.07 Å². The molecule has 0 radical (unpaired) electrons. The summed E-state index contributed by atoms with van der Waals surface area (Å²) in [6.07, 6.45) is 4.87. The second kappa shape index (κ2) is 6.84. The van der Waals surface area contributed by atoms with Crippen molar-refractivity contribution in [2.24, 2.45) is 12.1 Å². The third kappa shape index (κ3) is 2.93. The van der Waals surface area contributed by atoms with E-state index in [0.717, 1.165) is 12.8 Å². The first-order valence-electron chi connectivity index (χ1n) is 9.63. The summed E-state index contributed by atoms with van der Waals surface area (Å²) in [5, 5.41) is 15.3. The zero-order valence-corrected chi connectivity index (χ0v) is 16.4. The van der Waals surface area contributed by atoms with Crippen LogP contribution in [0.2, 0.25) is 0 Å². The number of hydrazone groups is 1. The smallest absolute Gasteiger partial charge is 0.280 e. The van der Waals surface area contributed by atoms with Crippen LogP contribution in [0.25, 0.3) is 11.2 Å². The molecule has 1 aromatic carbocycles. The molecule has 1 aliphatic heterocycles. The molecule has 9 heteroatoms. The Labute approximate surface area is 172 Å². The van der Waals surface area contributed by atoms with E-state index in [2.05, 4.69) is 27.7 Å². The number of nitriles is 1. The van der Waals surface area contributed by atoms with Gasteiger partial charge in [-0.25, -0.2) is 15.0 Å². The molecule has 30 heavy (non-hydrogen) atoms. The van der Waals surface area contributed by atoms with Crippen LogP contribution in [0.4, 0.5) is 0 Å². The number of fused-ring (bicyclic) bond motifs is 1. The number of aromatic nitrogens is 4. The van der Waals surface area contributed by atoms with Gasteiger partial charge in [0.05, 0.1) is 24.0 Å². The molecule has 9 nitrogen and oxygen atoms in total. The largest absolute Gasteiger partial charge is 0.422 e. The van der Waals surface area contributed by atoms with Gasteiger partial charge in [-0.2, -0.15) is 5.26 Å². The van der Waals surface area contributed by atoms with E-state index in [1.54, 1.807) is 23.0 Å². The maximum atomic E-state index is 12.7. The van der Waals surface area contributed by atoms with E-state index in [4.69, 9.17) is 10.00 Å². The quantitative estimate of drug-likeness (QED) is 0.663. The molecule has 1 aliphatic carbocycles. The summed E-state index contributed by atoms with van der Waals surface area (Å²) in [5.74, 6) is 1.30. The number of imidazole rings is 1. The second-order valence-corrected chi connectivity index (χ2v) is 7.60. The molecule has 5 rings (SSSR count). The fourth-order valence-electron chi connectivity index (χ4n) is 3.95. The molecule has 3 heterocycles. The maximum Gasteiger partial charge on any atom is 0.280 e. The van der Waals surface area contributed by atoms with Crippen LogP contribution < -0.4 is 5.56 Å². The summed E-state index contributed by atoms with van der Waals surface area (Å²) in [7, 11) is 1.76. The van der Waals surface area contributed by atoms with Gasteiger partial charge >= 0.3 is 0 Å². The van der Waals surface area contributed by atoms with Gasteiger partial charge in [-0.15, -0.1) is 5.10 Å². The van der Waals surface area contributed by atoms with E-state index in [9.17, 15) is 4.79 Å².